The highest BCUT2D eigenvalue weighted by Gasteiger charge is 2.08. The zero-order valence-electron chi connectivity index (χ0n) is 18.2. The molecule has 0 radical (unpaired) electrons. The first-order chi connectivity index (χ1) is 14.1. The molecule has 160 valence electrons. The number of aromatic nitrogens is 2. The third kappa shape index (κ3) is 8.38. The van der Waals surface area contributed by atoms with E-state index in [1.54, 1.807) is 6.20 Å². The lowest BCUT2D eigenvalue weighted by Gasteiger charge is -2.20. The van der Waals surface area contributed by atoms with Gasteiger partial charge in [0.05, 0.1) is 6.04 Å². The predicted molar refractivity (Wildman–Crippen MR) is 119 cm³/mol. The fourth-order valence-electron chi connectivity index (χ4n) is 3.39. The van der Waals surface area contributed by atoms with E-state index in [1.165, 1.54) is 25.9 Å². The molecule has 3 N–H and O–H groups in total. The first-order valence-electron chi connectivity index (χ1n) is 11.0. The normalized spacial score (nSPS) is 12.3. The predicted octanol–water partition coefficient (Wildman–Crippen LogP) is 3.89. The lowest BCUT2D eigenvalue weighted by molar-refractivity contribution is 0.0952. The monoisotopic (exact) mass is 399 g/mol. The molecular weight excluding hydrogens is 362 g/mol. The summed E-state index contributed by atoms with van der Waals surface area (Å²) >= 11 is 0. The van der Waals surface area contributed by atoms with E-state index in [9.17, 15) is 4.79 Å². The van der Waals surface area contributed by atoms with Crippen molar-refractivity contribution < 1.29 is 4.79 Å². The van der Waals surface area contributed by atoms with Crippen LogP contribution in [0, 0.1) is 0 Å². The van der Waals surface area contributed by atoms with Crippen molar-refractivity contribution in [2.45, 2.75) is 59.0 Å². The number of hydrogen-bond acceptors (Lipinski definition) is 4. The number of imidazole rings is 1. The molecule has 29 heavy (non-hydrogen) atoms. The number of nitrogens with one attached hydrogen (secondary N) is 3. The average Bonchev–Trinajstić information content (AvgIpc) is 3.27. The molecule has 0 fully saturated rings. The van der Waals surface area contributed by atoms with Crippen LogP contribution in [0.3, 0.4) is 0 Å². The van der Waals surface area contributed by atoms with Crippen molar-refractivity contribution in [2.24, 2.45) is 0 Å². The topological polar surface area (TPSA) is 73.1 Å². The van der Waals surface area contributed by atoms with Crippen LogP contribution in [-0.4, -0.2) is 47.0 Å². The maximum absolute atomic E-state index is 12.3. The van der Waals surface area contributed by atoms with Crippen LogP contribution < -0.4 is 10.6 Å². The highest BCUT2D eigenvalue weighted by Crippen LogP contribution is 2.09. The number of hydrogen-bond donors (Lipinski definition) is 3. The number of benzene rings is 1. The standard InChI is InChI=1S/C23H37N5O/c1-4-15-28(16-5-2)17-7-6-12-26-23(29)21-10-8-20(9-11-21)18-27-19(3)22-24-13-14-25-22/h8-11,13-14,19,27H,4-7,12,15-18H2,1-3H3,(H,24,25)(H,26,29). The Balaban J connectivity index is 1.66. The van der Waals surface area contributed by atoms with Gasteiger partial charge in [-0.1, -0.05) is 26.0 Å². The summed E-state index contributed by atoms with van der Waals surface area (Å²) < 4.78 is 0. The smallest absolute Gasteiger partial charge is 0.251 e. The summed E-state index contributed by atoms with van der Waals surface area (Å²) in [6.07, 6.45) is 8.12. The number of H-pyrrole nitrogens is 1. The van der Waals surface area contributed by atoms with Gasteiger partial charge in [0.25, 0.3) is 5.91 Å². The van der Waals surface area contributed by atoms with Gasteiger partial charge in [0.1, 0.15) is 5.82 Å². The number of carbonyl (C=O) groups excluding carboxylic acids is 1. The Labute approximate surface area is 175 Å². The van der Waals surface area contributed by atoms with Crippen molar-refractivity contribution in [3.05, 3.63) is 53.6 Å². The highest BCUT2D eigenvalue weighted by molar-refractivity contribution is 5.94. The number of carbonyl (C=O) groups is 1. The number of amides is 1. The fraction of sp³-hybridized carbons (Fsp3) is 0.565. The molecule has 1 heterocycles. The van der Waals surface area contributed by atoms with Crippen LogP contribution in [0.4, 0.5) is 0 Å². The largest absolute Gasteiger partial charge is 0.352 e. The summed E-state index contributed by atoms with van der Waals surface area (Å²) in [7, 11) is 0. The SMILES string of the molecule is CCCN(CCC)CCCCNC(=O)c1ccc(CNC(C)c2ncc[nH]2)cc1. The molecule has 0 aliphatic heterocycles. The molecule has 0 aliphatic rings. The molecule has 0 saturated carbocycles. The van der Waals surface area contributed by atoms with Gasteiger partial charge in [-0.2, -0.15) is 0 Å². The third-order valence-corrected chi connectivity index (χ3v) is 5.02. The lowest BCUT2D eigenvalue weighted by atomic mass is 10.1. The van der Waals surface area contributed by atoms with Gasteiger partial charge in [-0.15, -0.1) is 0 Å². The first kappa shape index (κ1) is 23.1. The third-order valence-electron chi connectivity index (χ3n) is 5.02. The van der Waals surface area contributed by atoms with E-state index in [0.717, 1.165) is 43.9 Å². The summed E-state index contributed by atoms with van der Waals surface area (Å²) in [5.74, 6) is 0.931. The zero-order chi connectivity index (χ0) is 20.9. The maximum atomic E-state index is 12.3. The number of aromatic amines is 1. The second kappa shape index (κ2) is 13.1. The molecule has 1 aromatic heterocycles. The van der Waals surface area contributed by atoms with E-state index >= 15 is 0 Å². The van der Waals surface area contributed by atoms with Gasteiger partial charge in [-0.05, 0) is 69.9 Å². The van der Waals surface area contributed by atoms with Crippen molar-refractivity contribution in [1.82, 2.24) is 25.5 Å². The molecule has 6 nitrogen and oxygen atoms in total. The van der Waals surface area contributed by atoms with E-state index in [-0.39, 0.29) is 11.9 Å². The Morgan fingerprint density at radius 1 is 1.10 bits per heavy atom. The molecule has 2 aromatic rings. The minimum atomic E-state index is 0.00688. The molecule has 1 amide bonds. The Kier molecular flexibility index (Phi) is 10.5. The number of nitrogens with zero attached hydrogens (tertiary/aromatic N) is 2. The average molecular weight is 400 g/mol. The Morgan fingerprint density at radius 2 is 1.83 bits per heavy atom. The van der Waals surface area contributed by atoms with E-state index in [0.29, 0.717) is 5.56 Å². The van der Waals surface area contributed by atoms with Gasteiger partial charge < -0.3 is 20.5 Å². The highest BCUT2D eigenvalue weighted by atomic mass is 16.1. The molecule has 6 heteroatoms. The van der Waals surface area contributed by atoms with E-state index in [1.807, 2.05) is 30.5 Å². The maximum Gasteiger partial charge on any atom is 0.251 e. The molecule has 1 atom stereocenters. The molecule has 1 unspecified atom stereocenters. The van der Waals surface area contributed by atoms with Crippen molar-refractivity contribution in [2.75, 3.05) is 26.2 Å². The van der Waals surface area contributed by atoms with Crippen LogP contribution in [0.25, 0.3) is 0 Å². The van der Waals surface area contributed by atoms with Gasteiger partial charge in [0.15, 0.2) is 0 Å². The lowest BCUT2D eigenvalue weighted by Crippen LogP contribution is -2.28. The van der Waals surface area contributed by atoms with E-state index in [4.69, 9.17) is 0 Å². The molecular formula is C23H37N5O. The van der Waals surface area contributed by atoms with Crippen molar-refractivity contribution in [1.29, 1.82) is 0 Å². The van der Waals surface area contributed by atoms with Crippen LogP contribution in [0.1, 0.15) is 74.2 Å². The molecule has 0 spiro atoms. The number of rotatable bonds is 14. The molecule has 0 aliphatic carbocycles. The van der Waals surface area contributed by atoms with E-state index < -0.39 is 0 Å². The molecule has 2 rings (SSSR count). The number of unbranched alkanes of at least 4 members (excludes halogenated alkanes) is 1. The minimum absolute atomic E-state index is 0.00688. The Morgan fingerprint density at radius 3 is 2.45 bits per heavy atom. The molecule has 0 saturated heterocycles. The van der Waals surface area contributed by atoms with Gasteiger partial charge >= 0.3 is 0 Å². The quantitative estimate of drug-likeness (QED) is 0.421. The molecule has 0 bridgehead atoms. The van der Waals surface area contributed by atoms with Crippen LogP contribution in [0.15, 0.2) is 36.7 Å². The van der Waals surface area contributed by atoms with Crippen molar-refractivity contribution >= 4 is 5.91 Å². The second-order valence-corrected chi connectivity index (χ2v) is 7.58. The van der Waals surface area contributed by atoms with Gasteiger partial charge in [0, 0.05) is 31.0 Å². The van der Waals surface area contributed by atoms with Gasteiger partial charge in [0.2, 0.25) is 0 Å². The van der Waals surface area contributed by atoms with E-state index in [2.05, 4.69) is 46.3 Å². The van der Waals surface area contributed by atoms with Crippen molar-refractivity contribution in [3.63, 3.8) is 0 Å². The first-order valence-corrected chi connectivity index (χ1v) is 11.0. The summed E-state index contributed by atoms with van der Waals surface area (Å²) in [5, 5.41) is 6.47. The summed E-state index contributed by atoms with van der Waals surface area (Å²) in [6, 6.07) is 7.95. The minimum Gasteiger partial charge on any atom is -0.352 e. The summed E-state index contributed by atoms with van der Waals surface area (Å²) in [4.78, 5) is 22.2. The van der Waals surface area contributed by atoms with Gasteiger partial charge in [-0.3, -0.25) is 4.79 Å². The van der Waals surface area contributed by atoms with Crippen molar-refractivity contribution in [3.8, 4) is 0 Å². The fourth-order valence-corrected chi connectivity index (χ4v) is 3.39. The van der Waals surface area contributed by atoms with Crippen LogP contribution in [0.5, 0.6) is 0 Å². The zero-order valence-corrected chi connectivity index (χ0v) is 18.2. The Bertz CT molecular complexity index is 678. The summed E-state index contributed by atoms with van der Waals surface area (Å²) in [5.41, 5.74) is 1.86. The Hall–Kier alpha value is -2.18. The van der Waals surface area contributed by atoms with Crippen LogP contribution >= 0.6 is 0 Å². The second-order valence-electron chi connectivity index (χ2n) is 7.58. The van der Waals surface area contributed by atoms with Crippen LogP contribution in [-0.2, 0) is 6.54 Å². The van der Waals surface area contributed by atoms with Crippen LogP contribution in [0.2, 0.25) is 0 Å². The molecule has 1 aromatic carbocycles. The summed E-state index contributed by atoms with van der Waals surface area (Å²) in [6.45, 7) is 11.4. The van der Waals surface area contributed by atoms with Gasteiger partial charge in [-0.25, -0.2) is 4.98 Å².